The molecule has 1 amide bonds. The summed E-state index contributed by atoms with van der Waals surface area (Å²) in [6.45, 7) is 5.54. The number of ether oxygens (including phenoxy) is 3. The molecule has 0 saturated carbocycles. The Kier molecular flexibility index (Phi) is 4.73. The molecule has 2 heterocycles. The summed E-state index contributed by atoms with van der Waals surface area (Å²) in [6.07, 6.45) is -0.125. The van der Waals surface area contributed by atoms with Gasteiger partial charge in [-0.05, 0) is 6.92 Å². The van der Waals surface area contributed by atoms with Crippen molar-refractivity contribution in [1.29, 1.82) is 0 Å². The van der Waals surface area contributed by atoms with Crippen LogP contribution in [0.15, 0.2) is 0 Å². The number of carbonyl (C=O) groups is 1. The van der Waals surface area contributed by atoms with Crippen LogP contribution in [0.5, 0.6) is 0 Å². The molecule has 0 radical (unpaired) electrons. The van der Waals surface area contributed by atoms with Crippen LogP contribution in [0.2, 0.25) is 0 Å². The minimum atomic E-state index is -0.270. The van der Waals surface area contributed by atoms with Crippen molar-refractivity contribution in [3.8, 4) is 0 Å². The summed E-state index contributed by atoms with van der Waals surface area (Å²) >= 11 is 0. The van der Waals surface area contributed by atoms with Gasteiger partial charge in [0, 0.05) is 13.1 Å². The van der Waals surface area contributed by atoms with Gasteiger partial charge in [0.1, 0.15) is 6.04 Å². The van der Waals surface area contributed by atoms with Crippen molar-refractivity contribution in [2.24, 2.45) is 0 Å². The van der Waals surface area contributed by atoms with E-state index in [1.54, 1.807) is 0 Å². The number of hydrogen-bond acceptors (Lipinski definition) is 5. The highest BCUT2D eigenvalue weighted by molar-refractivity contribution is 5.82. The predicted octanol–water partition coefficient (Wildman–Crippen LogP) is -1.11. The van der Waals surface area contributed by atoms with Gasteiger partial charge < -0.3 is 24.8 Å². The normalized spacial score (nSPS) is 34.3. The second-order valence-electron chi connectivity index (χ2n) is 4.32. The maximum Gasteiger partial charge on any atom is 0.239 e. The van der Waals surface area contributed by atoms with E-state index in [0.717, 1.165) is 0 Å². The molecular weight excluding hydrogens is 224 g/mol. The van der Waals surface area contributed by atoms with E-state index in [1.165, 1.54) is 0 Å². The first kappa shape index (κ1) is 12.8. The summed E-state index contributed by atoms with van der Waals surface area (Å²) in [4.78, 5) is 11.9. The van der Waals surface area contributed by atoms with E-state index in [4.69, 9.17) is 14.2 Å². The largest absolute Gasteiger partial charge is 0.376 e. The van der Waals surface area contributed by atoms with Gasteiger partial charge in [0.05, 0.1) is 38.6 Å². The molecule has 2 rings (SSSR count). The summed E-state index contributed by atoms with van der Waals surface area (Å²) in [5.41, 5.74) is 0. The third kappa shape index (κ3) is 3.64. The van der Waals surface area contributed by atoms with Crippen molar-refractivity contribution in [1.82, 2.24) is 10.6 Å². The Morgan fingerprint density at radius 2 is 2.24 bits per heavy atom. The third-order valence-electron chi connectivity index (χ3n) is 2.99. The zero-order valence-electron chi connectivity index (χ0n) is 10.1. The van der Waals surface area contributed by atoms with Gasteiger partial charge in [-0.15, -0.1) is 0 Å². The lowest BCUT2D eigenvalue weighted by molar-refractivity contribution is -0.131. The molecule has 2 aliphatic rings. The molecule has 0 aromatic heterocycles. The van der Waals surface area contributed by atoms with Crippen molar-refractivity contribution in [2.75, 3.05) is 39.5 Å². The molecule has 2 aliphatic heterocycles. The fraction of sp³-hybridized carbons (Fsp3) is 0.909. The van der Waals surface area contributed by atoms with Gasteiger partial charge in [-0.2, -0.15) is 0 Å². The summed E-state index contributed by atoms with van der Waals surface area (Å²) in [5, 5.41) is 6.01. The van der Waals surface area contributed by atoms with Gasteiger partial charge in [-0.25, -0.2) is 0 Å². The fourth-order valence-electron chi connectivity index (χ4n) is 2.01. The predicted molar refractivity (Wildman–Crippen MR) is 60.8 cm³/mol. The van der Waals surface area contributed by atoms with Crippen LogP contribution in [0.4, 0.5) is 0 Å². The summed E-state index contributed by atoms with van der Waals surface area (Å²) in [6, 6.07) is -0.270. The Morgan fingerprint density at radius 3 is 2.94 bits per heavy atom. The van der Waals surface area contributed by atoms with Crippen LogP contribution in [0.25, 0.3) is 0 Å². The van der Waals surface area contributed by atoms with Crippen LogP contribution < -0.4 is 10.6 Å². The van der Waals surface area contributed by atoms with E-state index in [9.17, 15) is 4.79 Å². The van der Waals surface area contributed by atoms with E-state index in [-0.39, 0.29) is 24.2 Å². The molecule has 1 unspecified atom stereocenters. The summed E-state index contributed by atoms with van der Waals surface area (Å²) < 4.78 is 16.1. The molecule has 2 saturated heterocycles. The molecule has 17 heavy (non-hydrogen) atoms. The Bertz CT molecular complexity index is 256. The number of rotatable bonds is 3. The Hall–Kier alpha value is -0.690. The molecule has 0 spiro atoms. The topological polar surface area (TPSA) is 68.8 Å². The second kappa shape index (κ2) is 6.30. The molecule has 0 aromatic rings. The molecule has 3 atom stereocenters. The quantitative estimate of drug-likeness (QED) is 0.659. The number of morpholine rings is 1. The van der Waals surface area contributed by atoms with Crippen molar-refractivity contribution in [3.63, 3.8) is 0 Å². The minimum Gasteiger partial charge on any atom is -0.376 e. The maximum atomic E-state index is 11.9. The molecule has 0 aromatic carbocycles. The van der Waals surface area contributed by atoms with Crippen molar-refractivity contribution >= 4 is 5.91 Å². The zero-order chi connectivity index (χ0) is 12.1. The molecule has 6 heteroatoms. The van der Waals surface area contributed by atoms with E-state index in [0.29, 0.717) is 39.5 Å². The van der Waals surface area contributed by atoms with Gasteiger partial charge >= 0.3 is 0 Å². The highest BCUT2D eigenvalue weighted by Gasteiger charge is 2.28. The van der Waals surface area contributed by atoms with E-state index in [1.807, 2.05) is 6.92 Å². The highest BCUT2D eigenvalue weighted by Crippen LogP contribution is 2.04. The first-order valence-electron chi connectivity index (χ1n) is 6.09. The number of amides is 1. The SMILES string of the molecule is C[C@H]1OCCN[C@@H]1C(=O)NCC1COCCO1. The van der Waals surface area contributed by atoms with E-state index in [2.05, 4.69) is 10.6 Å². The van der Waals surface area contributed by atoms with Crippen molar-refractivity contribution in [3.05, 3.63) is 0 Å². The van der Waals surface area contributed by atoms with Crippen LogP contribution >= 0.6 is 0 Å². The van der Waals surface area contributed by atoms with Crippen molar-refractivity contribution < 1.29 is 19.0 Å². The first-order chi connectivity index (χ1) is 8.27. The van der Waals surface area contributed by atoms with Gasteiger partial charge in [-0.3, -0.25) is 4.79 Å². The molecule has 98 valence electrons. The van der Waals surface area contributed by atoms with Crippen LogP contribution in [-0.2, 0) is 19.0 Å². The number of carbonyl (C=O) groups excluding carboxylic acids is 1. The maximum absolute atomic E-state index is 11.9. The molecule has 0 aliphatic carbocycles. The average molecular weight is 244 g/mol. The van der Waals surface area contributed by atoms with Crippen LogP contribution in [-0.4, -0.2) is 63.7 Å². The van der Waals surface area contributed by atoms with Crippen LogP contribution in [0.1, 0.15) is 6.92 Å². The first-order valence-corrected chi connectivity index (χ1v) is 6.09. The third-order valence-corrected chi connectivity index (χ3v) is 2.99. The monoisotopic (exact) mass is 244 g/mol. The fourth-order valence-corrected chi connectivity index (χ4v) is 2.01. The molecule has 0 bridgehead atoms. The lowest BCUT2D eigenvalue weighted by Gasteiger charge is -2.30. The average Bonchev–Trinajstić information content (AvgIpc) is 2.38. The van der Waals surface area contributed by atoms with Crippen molar-refractivity contribution in [2.45, 2.75) is 25.2 Å². The molecule has 6 nitrogen and oxygen atoms in total. The van der Waals surface area contributed by atoms with Gasteiger partial charge in [0.15, 0.2) is 0 Å². The highest BCUT2D eigenvalue weighted by atomic mass is 16.6. The number of nitrogens with one attached hydrogen (secondary N) is 2. The van der Waals surface area contributed by atoms with E-state index < -0.39 is 0 Å². The van der Waals surface area contributed by atoms with Gasteiger partial charge in [0.25, 0.3) is 0 Å². The van der Waals surface area contributed by atoms with Gasteiger partial charge in [-0.1, -0.05) is 0 Å². The molecule has 2 fully saturated rings. The second-order valence-corrected chi connectivity index (χ2v) is 4.32. The lowest BCUT2D eigenvalue weighted by atomic mass is 10.1. The zero-order valence-corrected chi connectivity index (χ0v) is 10.1. The molecule has 2 N–H and O–H groups in total. The Balaban J connectivity index is 1.72. The van der Waals surface area contributed by atoms with Gasteiger partial charge in [0.2, 0.25) is 5.91 Å². The molecular formula is C11H20N2O4. The smallest absolute Gasteiger partial charge is 0.239 e. The lowest BCUT2D eigenvalue weighted by Crippen LogP contribution is -2.56. The Labute approximate surface area is 101 Å². The standard InChI is InChI=1S/C11H20N2O4/c1-8-10(12-2-3-16-8)11(14)13-6-9-7-15-4-5-17-9/h8-10,12H,2-7H2,1H3,(H,13,14)/t8-,9?,10+/m1/s1. The Morgan fingerprint density at radius 1 is 1.35 bits per heavy atom. The minimum absolute atomic E-state index is 0.0347. The summed E-state index contributed by atoms with van der Waals surface area (Å²) in [5.74, 6) is -0.0358. The van der Waals surface area contributed by atoms with E-state index >= 15 is 0 Å². The number of hydrogen-bond donors (Lipinski definition) is 2. The summed E-state index contributed by atoms with van der Waals surface area (Å²) in [7, 11) is 0. The van der Waals surface area contributed by atoms with Crippen LogP contribution in [0.3, 0.4) is 0 Å². The van der Waals surface area contributed by atoms with Crippen LogP contribution in [0, 0.1) is 0 Å².